The fourth-order valence-corrected chi connectivity index (χ4v) is 2.08. The predicted molar refractivity (Wildman–Crippen MR) is 64.2 cm³/mol. The molecule has 0 aliphatic heterocycles. The van der Waals surface area contributed by atoms with Gasteiger partial charge in [-0.1, -0.05) is 13.8 Å². The van der Waals surface area contributed by atoms with Crippen LogP contribution in [-0.4, -0.2) is 9.78 Å². The average molecular weight is 220 g/mol. The van der Waals surface area contributed by atoms with E-state index in [0.717, 1.165) is 16.5 Å². The SMILES string of the molecule is CC(C)c1c(F)ccc2cnn(C(C)C)c12. The lowest BCUT2D eigenvalue weighted by molar-refractivity contribution is 0.542. The van der Waals surface area contributed by atoms with E-state index in [1.54, 1.807) is 12.3 Å². The van der Waals surface area contributed by atoms with Crippen molar-refractivity contribution in [3.63, 3.8) is 0 Å². The highest BCUT2D eigenvalue weighted by atomic mass is 19.1. The number of fused-ring (bicyclic) bond motifs is 1. The van der Waals surface area contributed by atoms with Gasteiger partial charge in [0.05, 0.1) is 11.7 Å². The summed E-state index contributed by atoms with van der Waals surface area (Å²) < 4.78 is 15.7. The number of nitrogens with zero attached hydrogens (tertiary/aromatic N) is 2. The topological polar surface area (TPSA) is 17.8 Å². The van der Waals surface area contributed by atoms with Crippen LogP contribution in [0.1, 0.15) is 45.2 Å². The molecule has 2 nitrogen and oxygen atoms in total. The van der Waals surface area contributed by atoms with Crippen LogP contribution in [0.5, 0.6) is 0 Å². The minimum absolute atomic E-state index is 0.134. The summed E-state index contributed by atoms with van der Waals surface area (Å²) in [7, 11) is 0. The van der Waals surface area contributed by atoms with E-state index in [9.17, 15) is 4.39 Å². The summed E-state index contributed by atoms with van der Waals surface area (Å²) in [4.78, 5) is 0. The molecule has 0 atom stereocenters. The average Bonchev–Trinajstić information content (AvgIpc) is 2.60. The van der Waals surface area contributed by atoms with Crippen LogP contribution in [0.2, 0.25) is 0 Å². The maximum atomic E-state index is 13.9. The molecule has 1 aromatic heterocycles. The predicted octanol–water partition coefficient (Wildman–Crippen LogP) is 3.88. The zero-order valence-electron chi connectivity index (χ0n) is 10.2. The first-order chi connectivity index (χ1) is 7.52. The van der Waals surface area contributed by atoms with Crippen LogP contribution in [0.25, 0.3) is 10.9 Å². The Labute approximate surface area is 95.1 Å². The van der Waals surface area contributed by atoms with Gasteiger partial charge in [-0.3, -0.25) is 4.68 Å². The molecule has 2 aromatic rings. The summed E-state index contributed by atoms with van der Waals surface area (Å²) in [6.45, 7) is 8.13. The highest BCUT2D eigenvalue weighted by molar-refractivity contribution is 5.82. The zero-order chi connectivity index (χ0) is 11.9. The summed E-state index contributed by atoms with van der Waals surface area (Å²) in [5.41, 5.74) is 1.70. The van der Waals surface area contributed by atoms with Crippen LogP contribution < -0.4 is 0 Å². The smallest absolute Gasteiger partial charge is 0.128 e. The minimum Gasteiger partial charge on any atom is -0.262 e. The molecule has 0 unspecified atom stereocenters. The molecule has 0 radical (unpaired) electrons. The normalized spacial score (nSPS) is 11.9. The fourth-order valence-electron chi connectivity index (χ4n) is 2.08. The molecular weight excluding hydrogens is 203 g/mol. The van der Waals surface area contributed by atoms with Gasteiger partial charge in [-0.25, -0.2) is 4.39 Å². The quantitative estimate of drug-likeness (QED) is 0.751. The van der Waals surface area contributed by atoms with Crippen molar-refractivity contribution in [2.75, 3.05) is 0 Å². The van der Waals surface area contributed by atoms with E-state index in [4.69, 9.17) is 0 Å². The van der Waals surface area contributed by atoms with Gasteiger partial charge in [0.2, 0.25) is 0 Å². The lowest BCUT2D eigenvalue weighted by Crippen LogP contribution is -2.06. The van der Waals surface area contributed by atoms with Crippen molar-refractivity contribution in [3.05, 3.63) is 29.7 Å². The van der Waals surface area contributed by atoms with E-state index in [1.165, 1.54) is 6.07 Å². The van der Waals surface area contributed by atoms with Gasteiger partial charge in [-0.05, 0) is 31.9 Å². The van der Waals surface area contributed by atoms with Crippen LogP contribution in [0.4, 0.5) is 4.39 Å². The fraction of sp³-hybridized carbons (Fsp3) is 0.462. The Balaban J connectivity index is 2.82. The lowest BCUT2D eigenvalue weighted by Gasteiger charge is -2.14. The Bertz CT molecular complexity index is 512. The van der Waals surface area contributed by atoms with Gasteiger partial charge in [0.1, 0.15) is 5.82 Å². The van der Waals surface area contributed by atoms with Crippen molar-refractivity contribution in [1.29, 1.82) is 0 Å². The first kappa shape index (κ1) is 11.1. The molecular formula is C13H17FN2. The number of benzene rings is 1. The van der Waals surface area contributed by atoms with Crippen LogP contribution in [-0.2, 0) is 0 Å². The Morgan fingerprint density at radius 2 is 1.88 bits per heavy atom. The number of hydrogen-bond donors (Lipinski definition) is 0. The Hall–Kier alpha value is -1.38. The van der Waals surface area contributed by atoms with Crippen molar-refractivity contribution in [1.82, 2.24) is 9.78 Å². The minimum atomic E-state index is -0.134. The first-order valence-electron chi connectivity index (χ1n) is 5.68. The van der Waals surface area contributed by atoms with E-state index in [2.05, 4.69) is 18.9 Å². The maximum Gasteiger partial charge on any atom is 0.128 e. The molecule has 0 saturated carbocycles. The second-order valence-corrected chi connectivity index (χ2v) is 4.74. The third kappa shape index (κ3) is 1.60. The summed E-state index contributed by atoms with van der Waals surface area (Å²) in [5.74, 6) is 0.0304. The van der Waals surface area contributed by atoms with Crippen molar-refractivity contribution in [3.8, 4) is 0 Å². The summed E-state index contributed by atoms with van der Waals surface area (Å²) >= 11 is 0. The molecule has 1 heterocycles. The van der Waals surface area contributed by atoms with E-state index in [0.29, 0.717) is 0 Å². The molecule has 0 saturated heterocycles. The molecule has 86 valence electrons. The monoisotopic (exact) mass is 220 g/mol. The molecule has 0 fully saturated rings. The highest BCUT2D eigenvalue weighted by Crippen LogP contribution is 2.29. The molecule has 16 heavy (non-hydrogen) atoms. The van der Waals surface area contributed by atoms with Crippen LogP contribution in [0.3, 0.4) is 0 Å². The van der Waals surface area contributed by atoms with Crippen molar-refractivity contribution < 1.29 is 4.39 Å². The first-order valence-corrected chi connectivity index (χ1v) is 5.68. The van der Waals surface area contributed by atoms with Gasteiger partial charge >= 0.3 is 0 Å². The van der Waals surface area contributed by atoms with Gasteiger partial charge in [-0.2, -0.15) is 5.10 Å². The Morgan fingerprint density at radius 3 is 2.44 bits per heavy atom. The molecule has 3 heteroatoms. The Kier molecular flexibility index (Phi) is 2.70. The molecule has 0 aliphatic carbocycles. The second-order valence-electron chi connectivity index (χ2n) is 4.74. The largest absolute Gasteiger partial charge is 0.262 e. The lowest BCUT2D eigenvalue weighted by atomic mass is 9.99. The molecule has 0 N–H and O–H groups in total. The maximum absolute atomic E-state index is 13.9. The summed E-state index contributed by atoms with van der Waals surface area (Å²) in [6.07, 6.45) is 1.81. The number of halogens is 1. The van der Waals surface area contributed by atoms with Gasteiger partial charge in [-0.15, -0.1) is 0 Å². The molecule has 1 aromatic carbocycles. The summed E-state index contributed by atoms with van der Waals surface area (Å²) in [6, 6.07) is 3.57. The molecule has 0 bridgehead atoms. The second kappa shape index (κ2) is 3.89. The molecule has 0 spiro atoms. The van der Waals surface area contributed by atoms with Crippen LogP contribution in [0.15, 0.2) is 18.3 Å². The van der Waals surface area contributed by atoms with Crippen LogP contribution in [0, 0.1) is 5.82 Å². The van der Waals surface area contributed by atoms with Crippen molar-refractivity contribution in [2.45, 2.75) is 39.7 Å². The van der Waals surface area contributed by atoms with Crippen LogP contribution >= 0.6 is 0 Å². The van der Waals surface area contributed by atoms with Crippen molar-refractivity contribution in [2.24, 2.45) is 0 Å². The van der Waals surface area contributed by atoms with Gasteiger partial charge < -0.3 is 0 Å². The third-order valence-corrected chi connectivity index (χ3v) is 2.81. The van der Waals surface area contributed by atoms with E-state index in [-0.39, 0.29) is 17.8 Å². The number of aromatic nitrogens is 2. The highest BCUT2D eigenvalue weighted by Gasteiger charge is 2.16. The zero-order valence-corrected chi connectivity index (χ0v) is 10.2. The van der Waals surface area contributed by atoms with Gasteiger partial charge in [0.15, 0.2) is 0 Å². The molecule has 2 rings (SSSR count). The van der Waals surface area contributed by atoms with E-state index in [1.807, 2.05) is 18.5 Å². The molecule has 0 aliphatic rings. The standard InChI is InChI=1S/C13H17FN2/c1-8(2)12-11(14)6-5-10-7-15-16(9(3)4)13(10)12/h5-9H,1-4H3. The molecule has 0 amide bonds. The number of rotatable bonds is 2. The van der Waals surface area contributed by atoms with Gasteiger partial charge in [0, 0.05) is 17.0 Å². The Morgan fingerprint density at radius 1 is 1.19 bits per heavy atom. The third-order valence-electron chi connectivity index (χ3n) is 2.81. The van der Waals surface area contributed by atoms with Gasteiger partial charge in [0.25, 0.3) is 0 Å². The number of hydrogen-bond acceptors (Lipinski definition) is 1. The summed E-state index contributed by atoms with van der Waals surface area (Å²) in [5, 5.41) is 5.34. The van der Waals surface area contributed by atoms with Crippen molar-refractivity contribution >= 4 is 10.9 Å². The van der Waals surface area contributed by atoms with E-state index < -0.39 is 0 Å². The van der Waals surface area contributed by atoms with E-state index >= 15 is 0 Å².